The molecule has 0 bridgehead atoms. The maximum Gasteiger partial charge on any atom is 0.106 e. The zero-order valence-electron chi connectivity index (χ0n) is 14.4. The molecule has 2 N–H and O–H groups in total. The lowest BCUT2D eigenvalue weighted by Gasteiger charge is -2.02. The fraction of sp³-hybridized carbons (Fsp3) is 0.333. The number of hydrogen-bond acceptors (Lipinski definition) is 6. The molecule has 0 saturated carbocycles. The van der Waals surface area contributed by atoms with Crippen LogP contribution in [0.4, 0.5) is 0 Å². The first-order chi connectivity index (χ1) is 11.6. The fourth-order valence-corrected chi connectivity index (χ4v) is 1.85. The van der Waals surface area contributed by atoms with Gasteiger partial charge in [-0.3, -0.25) is 9.97 Å². The van der Waals surface area contributed by atoms with Gasteiger partial charge >= 0.3 is 0 Å². The van der Waals surface area contributed by atoms with Crippen LogP contribution in [-0.4, -0.2) is 40.2 Å². The van der Waals surface area contributed by atoms with Gasteiger partial charge in [-0.1, -0.05) is 17.3 Å². The van der Waals surface area contributed by atoms with E-state index in [2.05, 4.69) is 20.0 Å². The van der Waals surface area contributed by atoms with Crippen molar-refractivity contribution < 1.29 is 9.94 Å². The third-order valence-electron chi connectivity index (χ3n) is 3.05. The zero-order valence-corrected chi connectivity index (χ0v) is 14.4. The molecule has 0 spiro atoms. The molecule has 2 rings (SSSR count). The molecule has 0 atom stereocenters. The summed E-state index contributed by atoms with van der Waals surface area (Å²) < 4.78 is 0. The van der Waals surface area contributed by atoms with Crippen LogP contribution in [0.15, 0.2) is 47.8 Å². The Labute approximate surface area is 142 Å². The Hall–Kier alpha value is -2.60. The van der Waals surface area contributed by atoms with Crippen LogP contribution in [0.3, 0.4) is 0 Å². The number of oxime groups is 1. The molecule has 0 amide bonds. The average molecular weight is 328 g/mol. The first-order valence-electron chi connectivity index (χ1n) is 7.70. The summed E-state index contributed by atoms with van der Waals surface area (Å²) in [7, 11) is 1.51. The van der Waals surface area contributed by atoms with Gasteiger partial charge in [0.25, 0.3) is 0 Å². The average Bonchev–Trinajstić information content (AvgIpc) is 2.61. The highest BCUT2D eigenvalue weighted by Gasteiger charge is 2.01. The van der Waals surface area contributed by atoms with E-state index in [0.717, 1.165) is 35.6 Å². The monoisotopic (exact) mass is 328 g/mol. The molecule has 0 aliphatic heterocycles. The van der Waals surface area contributed by atoms with Gasteiger partial charge in [-0.15, -0.1) is 0 Å². The van der Waals surface area contributed by atoms with Crippen molar-refractivity contribution in [2.24, 2.45) is 5.16 Å². The van der Waals surface area contributed by atoms with E-state index in [0.29, 0.717) is 5.71 Å². The van der Waals surface area contributed by atoms with Crippen LogP contribution in [0.1, 0.15) is 37.4 Å². The first-order valence-corrected chi connectivity index (χ1v) is 7.70. The standard InChI is InChI=1S/C11H16N2O2.C7H8N2/c1-9(13-15-2)11-7-3-5-10(12-11)6-4-8-14;1-6(8)7-4-2-3-5-9-7/h3,5,7,14H,4,6,8H2,1-2H3;2-5,8H,1H3/b13-9+;. The number of rotatable bonds is 6. The Morgan fingerprint density at radius 1 is 1.17 bits per heavy atom. The molecule has 0 aliphatic carbocycles. The Kier molecular flexibility index (Phi) is 8.93. The third-order valence-corrected chi connectivity index (χ3v) is 3.05. The molecule has 2 aromatic rings. The maximum atomic E-state index is 8.72. The summed E-state index contributed by atoms with van der Waals surface area (Å²) in [6.45, 7) is 3.76. The van der Waals surface area contributed by atoms with Gasteiger partial charge in [0.05, 0.1) is 17.1 Å². The number of aliphatic hydroxyl groups is 1. The number of hydrogen-bond donors (Lipinski definition) is 2. The fourth-order valence-electron chi connectivity index (χ4n) is 1.85. The minimum absolute atomic E-state index is 0.192. The van der Waals surface area contributed by atoms with Gasteiger partial charge in [0, 0.05) is 18.5 Å². The SMILES string of the molecule is CC(=N)c1ccccn1.CO/N=C(\C)c1cccc(CCCO)n1. The lowest BCUT2D eigenvalue weighted by atomic mass is 10.2. The number of aryl methyl sites for hydroxylation is 1. The predicted molar refractivity (Wildman–Crippen MR) is 95.6 cm³/mol. The normalized spacial score (nSPS) is 10.6. The van der Waals surface area contributed by atoms with Gasteiger partial charge in [-0.25, -0.2) is 0 Å². The number of aliphatic hydroxyl groups excluding tert-OH is 1. The Bertz CT molecular complexity index is 657. The molecule has 0 unspecified atom stereocenters. The Morgan fingerprint density at radius 2 is 1.92 bits per heavy atom. The quantitative estimate of drug-likeness (QED) is 0.630. The summed E-state index contributed by atoms with van der Waals surface area (Å²) in [6, 6.07) is 11.3. The number of aromatic nitrogens is 2. The van der Waals surface area contributed by atoms with E-state index in [1.165, 1.54) is 7.11 Å². The van der Waals surface area contributed by atoms with Crippen molar-refractivity contribution >= 4 is 11.4 Å². The highest BCUT2D eigenvalue weighted by Crippen LogP contribution is 2.04. The van der Waals surface area contributed by atoms with Gasteiger partial charge < -0.3 is 15.4 Å². The van der Waals surface area contributed by atoms with Gasteiger partial charge in [0.2, 0.25) is 0 Å². The predicted octanol–water partition coefficient (Wildman–Crippen LogP) is 2.85. The Morgan fingerprint density at radius 3 is 2.46 bits per heavy atom. The van der Waals surface area contributed by atoms with E-state index in [1.807, 2.05) is 43.3 Å². The molecule has 2 aromatic heterocycles. The second-order valence-corrected chi connectivity index (χ2v) is 5.04. The summed E-state index contributed by atoms with van der Waals surface area (Å²) in [5, 5.41) is 19.7. The van der Waals surface area contributed by atoms with Crippen LogP contribution in [0, 0.1) is 5.41 Å². The van der Waals surface area contributed by atoms with E-state index in [1.54, 1.807) is 13.1 Å². The lowest BCUT2D eigenvalue weighted by Crippen LogP contribution is -2.02. The summed E-state index contributed by atoms with van der Waals surface area (Å²) >= 11 is 0. The van der Waals surface area contributed by atoms with Crippen LogP contribution in [0.25, 0.3) is 0 Å². The minimum Gasteiger partial charge on any atom is -0.399 e. The van der Waals surface area contributed by atoms with Crippen molar-refractivity contribution in [3.63, 3.8) is 0 Å². The van der Waals surface area contributed by atoms with E-state index in [9.17, 15) is 0 Å². The summed E-state index contributed by atoms with van der Waals surface area (Å²) in [5.74, 6) is 0. The summed E-state index contributed by atoms with van der Waals surface area (Å²) in [4.78, 5) is 13.0. The van der Waals surface area contributed by atoms with E-state index in [-0.39, 0.29) is 6.61 Å². The first kappa shape index (κ1) is 19.4. The molecular formula is C18H24N4O2. The molecule has 0 fully saturated rings. The van der Waals surface area contributed by atoms with Gasteiger partial charge in [0.15, 0.2) is 0 Å². The van der Waals surface area contributed by atoms with Crippen LogP contribution in [-0.2, 0) is 11.3 Å². The molecule has 0 aliphatic rings. The molecule has 0 saturated heterocycles. The minimum atomic E-state index is 0.192. The molecule has 2 heterocycles. The molecule has 0 aromatic carbocycles. The van der Waals surface area contributed by atoms with Crippen molar-refractivity contribution in [2.75, 3.05) is 13.7 Å². The highest BCUT2D eigenvalue weighted by molar-refractivity contribution is 5.96. The smallest absolute Gasteiger partial charge is 0.106 e. The Balaban J connectivity index is 0.000000272. The van der Waals surface area contributed by atoms with Crippen LogP contribution in [0.2, 0.25) is 0 Å². The lowest BCUT2D eigenvalue weighted by molar-refractivity contribution is 0.213. The van der Waals surface area contributed by atoms with Crippen LogP contribution < -0.4 is 0 Å². The van der Waals surface area contributed by atoms with E-state index >= 15 is 0 Å². The van der Waals surface area contributed by atoms with E-state index < -0.39 is 0 Å². The second-order valence-electron chi connectivity index (χ2n) is 5.04. The number of pyridine rings is 2. The molecule has 24 heavy (non-hydrogen) atoms. The number of nitrogens with zero attached hydrogens (tertiary/aromatic N) is 3. The zero-order chi connectivity index (χ0) is 17.8. The van der Waals surface area contributed by atoms with Gasteiger partial charge in [-0.2, -0.15) is 0 Å². The van der Waals surface area contributed by atoms with Gasteiger partial charge in [0.1, 0.15) is 12.8 Å². The maximum absolute atomic E-state index is 8.72. The molecule has 0 radical (unpaired) electrons. The second kappa shape index (κ2) is 11.0. The van der Waals surface area contributed by atoms with Crippen molar-refractivity contribution in [3.05, 3.63) is 59.7 Å². The third kappa shape index (κ3) is 7.11. The van der Waals surface area contributed by atoms with Gasteiger partial charge in [-0.05, 0) is 51.0 Å². The molecule has 128 valence electrons. The topological polar surface area (TPSA) is 91.5 Å². The largest absolute Gasteiger partial charge is 0.399 e. The van der Waals surface area contributed by atoms with Crippen LogP contribution >= 0.6 is 0 Å². The number of nitrogens with one attached hydrogen (secondary N) is 1. The van der Waals surface area contributed by atoms with E-state index in [4.69, 9.17) is 10.5 Å². The highest BCUT2D eigenvalue weighted by atomic mass is 16.6. The van der Waals surface area contributed by atoms with Crippen molar-refractivity contribution in [3.8, 4) is 0 Å². The molecule has 6 nitrogen and oxygen atoms in total. The molecule has 6 heteroatoms. The van der Waals surface area contributed by atoms with Crippen molar-refractivity contribution in [2.45, 2.75) is 26.7 Å². The summed E-state index contributed by atoms with van der Waals surface area (Å²) in [6.07, 6.45) is 3.20. The summed E-state index contributed by atoms with van der Waals surface area (Å²) in [5.41, 5.74) is 3.79. The molecular weight excluding hydrogens is 304 g/mol. The van der Waals surface area contributed by atoms with Crippen molar-refractivity contribution in [1.82, 2.24) is 9.97 Å². The van der Waals surface area contributed by atoms with Crippen molar-refractivity contribution in [1.29, 1.82) is 5.41 Å². The van der Waals surface area contributed by atoms with Crippen LogP contribution in [0.5, 0.6) is 0 Å².